The Bertz CT molecular complexity index is 1420. The van der Waals surface area contributed by atoms with Crippen LogP contribution in [-0.4, -0.2) is 81.6 Å². The highest BCUT2D eigenvalue weighted by Crippen LogP contribution is 2.28. The number of β-amino-alcohol motifs (C(OH)–C–C–N with tert-alkyl or cyclic N) is 1. The van der Waals surface area contributed by atoms with Crippen molar-refractivity contribution in [1.29, 1.82) is 0 Å². The van der Waals surface area contributed by atoms with Gasteiger partial charge in [-0.25, -0.2) is 14.4 Å². The SMILES string of the molecule is CCCC(=O)N1CC(Nc2cc(C(=O)NC[C@H](O)CN3CCc4cc(OCc5ocnc5C)c(F)cc4C3)ccn2)C1.S. The largest absolute Gasteiger partial charge is 0.482 e. The van der Waals surface area contributed by atoms with Gasteiger partial charge in [-0.15, -0.1) is 0 Å². The van der Waals surface area contributed by atoms with Crippen molar-refractivity contribution in [3.05, 3.63) is 70.8 Å². The number of nitrogens with one attached hydrogen (secondary N) is 2. The average Bonchev–Trinajstić information content (AvgIpc) is 3.37. The number of carbonyl (C=O) groups is 2. The molecule has 2 aliphatic rings. The molecule has 5 rings (SSSR count). The smallest absolute Gasteiger partial charge is 0.251 e. The molecule has 43 heavy (non-hydrogen) atoms. The summed E-state index contributed by atoms with van der Waals surface area (Å²) in [5.74, 6) is 0.689. The van der Waals surface area contributed by atoms with Crippen molar-refractivity contribution >= 4 is 31.1 Å². The van der Waals surface area contributed by atoms with Crippen LogP contribution in [-0.2, 0) is 24.4 Å². The fraction of sp³-hybridized carbons (Fsp3) is 0.467. The Kier molecular flexibility index (Phi) is 11.0. The lowest BCUT2D eigenvalue weighted by Crippen LogP contribution is -2.57. The van der Waals surface area contributed by atoms with Crippen molar-refractivity contribution in [3.63, 3.8) is 0 Å². The first kappa shape index (κ1) is 32.2. The maximum absolute atomic E-state index is 14.8. The number of aromatic nitrogens is 2. The summed E-state index contributed by atoms with van der Waals surface area (Å²) >= 11 is 0. The van der Waals surface area contributed by atoms with Crippen LogP contribution in [0.3, 0.4) is 0 Å². The van der Waals surface area contributed by atoms with Crippen LogP contribution >= 0.6 is 13.5 Å². The predicted molar refractivity (Wildman–Crippen MR) is 163 cm³/mol. The monoisotopic (exact) mass is 614 g/mol. The van der Waals surface area contributed by atoms with Gasteiger partial charge in [0.15, 0.2) is 23.7 Å². The summed E-state index contributed by atoms with van der Waals surface area (Å²) in [6.45, 7) is 6.71. The topological polar surface area (TPSA) is 133 Å². The number of ether oxygens (including phenoxy) is 1. The first-order valence-corrected chi connectivity index (χ1v) is 14.3. The van der Waals surface area contributed by atoms with Gasteiger partial charge in [0.05, 0.1) is 17.8 Å². The summed E-state index contributed by atoms with van der Waals surface area (Å²) in [7, 11) is 0. The number of nitrogens with zero attached hydrogens (tertiary/aromatic N) is 4. The normalized spacial score (nSPS) is 15.6. The molecule has 4 heterocycles. The molecule has 0 bridgehead atoms. The summed E-state index contributed by atoms with van der Waals surface area (Å²) in [4.78, 5) is 36.8. The maximum Gasteiger partial charge on any atom is 0.251 e. The van der Waals surface area contributed by atoms with Gasteiger partial charge >= 0.3 is 0 Å². The van der Waals surface area contributed by atoms with Crippen molar-refractivity contribution in [3.8, 4) is 5.75 Å². The molecule has 1 saturated heterocycles. The van der Waals surface area contributed by atoms with Gasteiger partial charge < -0.3 is 29.8 Å². The fourth-order valence-corrected chi connectivity index (χ4v) is 5.17. The number of oxazole rings is 1. The first-order valence-electron chi connectivity index (χ1n) is 14.3. The number of hydrogen-bond acceptors (Lipinski definition) is 9. The molecule has 13 heteroatoms. The van der Waals surface area contributed by atoms with Crippen LogP contribution < -0.4 is 15.4 Å². The van der Waals surface area contributed by atoms with Crippen molar-refractivity contribution in [1.82, 2.24) is 25.1 Å². The number of pyridine rings is 1. The highest BCUT2D eigenvalue weighted by molar-refractivity contribution is 7.59. The molecule has 1 aromatic carbocycles. The lowest BCUT2D eigenvalue weighted by atomic mass is 9.99. The Hall–Kier alpha value is -3.68. The number of aliphatic hydroxyl groups is 1. The fourth-order valence-electron chi connectivity index (χ4n) is 5.17. The van der Waals surface area contributed by atoms with E-state index in [2.05, 4.69) is 20.6 Å². The number of likely N-dealkylation sites (tertiary alicyclic amines) is 1. The molecule has 11 nitrogen and oxygen atoms in total. The van der Waals surface area contributed by atoms with Crippen LogP contribution in [0.2, 0.25) is 0 Å². The zero-order valence-corrected chi connectivity index (χ0v) is 25.4. The maximum atomic E-state index is 14.8. The van der Waals surface area contributed by atoms with E-state index in [1.54, 1.807) is 31.3 Å². The standard InChI is InChI=1S/C30H37FN6O5.H2S/c1-3-4-29(39)37-14-23(15-37)35-28-11-21(5-7-32-28)30(40)33-12-24(38)16-36-8-6-20-10-26(25(31)9-22(20)13-36)41-17-27-19(2)34-18-42-27;/h5,7,9-11,18,23-24,38H,3-4,6,8,12-17H2,1-2H3,(H,32,35)(H,33,40);1H2/t24-;/m0./s1. The van der Waals surface area contributed by atoms with E-state index in [0.717, 1.165) is 17.5 Å². The van der Waals surface area contributed by atoms with Gasteiger partial charge in [0.2, 0.25) is 5.91 Å². The Labute approximate surface area is 257 Å². The Morgan fingerprint density at radius 3 is 2.79 bits per heavy atom. The van der Waals surface area contributed by atoms with Gasteiger partial charge in [0.25, 0.3) is 5.91 Å². The summed E-state index contributed by atoms with van der Waals surface area (Å²) in [5.41, 5.74) is 2.99. The van der Waals surface area contributed by atoms with Crippen LogP contribution in [0.25, 0.3) is 0 Å². The molecule has 0 spiro atoms. The van der Waals surface area contributed by atoms with E-state index in [1.165, 1.54) is 12.5 Å². The molecule has 1 fully saturated rings. The number of carbonyl (C=O) groups excluding carboxylic acids is 2. The van der Waals surface area contributed by atoms with Crippen molar-refractivity contribution in [2.45, 2.75) is 58.4 Å². The molecule has 3 aromatic rings. The van der Waals surface area contributed by atoms with E-state index in [1.807, 2.05) is 16.7 Å². The highest BCUT2D eigenvalue weighted by Gasteiger charge is 2.30. The van der Waals surface area contributed by atoms with E-state index in [-0.39, 0.29) is 50.3 Å². The van der Waals surface area contributed by atoms with Crippen molar-refractivity contribution in [2.75, 3.05) is 38.0 Å². The minimum atomic E-state index is -0.797. The van der Waals surface area contributed by atoms with E-state index in [9.17, 15) is 19.1 Å². The van der Waals surface area contributed by atoms with Gasteiger partial charge in [-0.05, 0) is 55.2 Å². The van der Waals surface area contributed by atoms with Crippen LogP contribution in [0, 0.1) is 12.7 Å². The summed E-state index contributed by atoms with van der Waals surface area (Å²) in [5, 5.41) is 16.7. The molecule has 0 unspecified atom stereocenters. The number of rotatable bonds is 12. The van der Waals surface area contributed by atoms with Crippen LogP contribution in [0.1, 0.15) is 52.7 Å². The third-order valence-electron chi connectivity index (χ3n) is 7.59. The number of benzene rings is 1. The molecule has 232 valence electrons. The lowest BCUT2D eigenvalue weighted by Gasteiger charge is -2.39. The zero-order valence-electron chi connectivity index (χ0n) is 24.4. The minimum Gasteiger partial charge on any atom is -0.482 e. The molecule has 0 radical (unpaired) electrons. The molecule has 0 aliphatic carbocycles. The number of aryl methyl sites for hydroxylation is 1. The van der Waals surface area contributed by atoms with Crippen molar-refractivity contribution in [2.24, 2.45) is 0 Å². The second-order valence-corrected chi connectivity index (χ2v) is 10.9. The third kappa shape index (κ3) is 8.24. The molecule has 0 saturated carbocycles. The van der Waals surface area contributed by atoms with Crippen LogP contribution in [0.5, 0.6) is 5.75 Å². The van der Waals surface area contributed by atoms with Crippen molar-refractivity contribution < 1.29 is 28.2 Å². The minimum absolute atomic E-state index is 0. The molecule has 2 aliphatic heterocycles. The average molecular weight is 615 g/mol. The molecular formula is C30H39FN6O5S. The van der Waals surface area contributed by atoms with Gasteiger partial charge in [-0.2, -0.15) is 13.5 Å². The lowest BCUT2D eigenvalue weighted by molar-refractivity contribution is -0.135. The molecule has 1 atom stereocenters. The van der Waals surface area contributed by atoms with Gasteiger partial charge in [-0.3, -0.25) is 14.5 Å². The summed E-state index contributed by atoms with van der Waals surface area (Å²) < 4.78 is 25.7. The van der Waals surface area contributed by atoms with Gasteiger partial charge in [-0.1, -0.05) is 6.92 Å². The summed E-state index contributed by atoms with van der Waals surface area (Å²) in [6.07, 6.45) is 4.16. The number of hydrogen-bond donors (Lipinski definition) is 3. The highest BCUT2D eigenvalue weighted by atomic mass is 32.1. The van der Waals surface area contributed by atoms with E-state index in [0.29, 0.717) is 68.4 Å². The Balaban J connectivity index is 0.00000423. The van der Waals surface area contributed by atoms with E-state index < -0.39 is 11.9 Å². The number of amides is 2. The zero-order chi connectivity index (χ0) is 29.6. The molecule has 2 aromatic heterocycles. The summed E-state index contributed by atoms with van der Waals surface area (Å²) in [6, 6.07) is 6.60. The molecular weight excluding hydrogens is 575 g/mol. The number of fused-ring (bicyclic) bond motifs is 1. The second-order valence-electron chi connectivity index (χ2n) is 10.9. The Morgan fingerprint density at radius 1 is 1.23 bits per heavy atom. The van der Waals surface area contributed by atoms with Gasteiger partial charge in [0.1, 0.15) is 12.4 Å². The number of aliphatic hydroxyl groups excluding tert-OH is 1. The van der Waals surface area contributed by atoms with E-state index in [4.69, 9.17) is 9.15 Å². The predicted octanol–water partition coefficient (Wildman–Crippen LogP) is 2.78. The molecule has 3 N–H and O–H groups in total. The Morgan fingerprint density at radius 2 is 2.05 bits per heavy atom. The quantitative estimate of drug-likeness (QED) is 0.282. The third-order valence-corrected chi connectivity index (χ3v) is 7.59. The molecule has 2 amide bonds. The first-order chi connectivity index (χ1) is 20.3. The van der Waals surface area contributed by atoms with Crippen LogP contribution in [0.4, 0.5) is 10.2 Å². The number of halogens is 1. The van der Waals surface area contributed by atoms with E-state index >= 15 is 0 Å². The number of anilines is 1. The van der Waals surface area contributed by atoms with Gasteiger partial charge in [0, 0.05) is 57.4 Å². The van der Waals surface area contributed by atoms with Crippen LogP contribution in [0.15, 0.2) is 41.3 Å². The second kappa shape index (κ2) is 14.7.